The van der Waals surface area contributed by atoms with E-state index in [-0.39, 0.29) is 19.2 Å². The Balaban J connectivity index is 3.58. The topological polar surface area (TPSA) is 55.8 Å². The maximum Gasteiger partial charge on any atom is 0.306 e. The third-order valence-electron chi connectivity index (χ3n) is 7.27. The largest absolute Gasteiger partial charge is 0.457 e. The van der Waals surface area contributed by atoms with E-state index in [1.54, 1.807) is 0 Å². The molecule has 1 N–H and O–H groups in total. The Morgan fingerprint density at radius 1 is 0.568 bits per heavy atom. The van der Waals surface area contributed by atoms with Gasteiger partial charge >= 0.3 is 5.97 Å². The molecule has 0 aliphatic carbocycles. The molecule has 0 spiro atoms. The van der Waals surface area contributed by atoms with Crippen molar-refractivity contribution in [2.75, 3.05) is 19.8 Å². The number of allylic oxidation sites excluding steroid dienone is 12. The highest BCUT2D eigenvalue weighted by molar-refractivity contribution is 5.69. The Hall–Kier alpha value is -2.17. The van der Waals surface area contributed by atoms with E-state index in [9.17, 15) is 9.90 Å². The van der Waals surface area contributed by atoms with Crippen LogP contribution in [-0.2, 0) is 14.3 Å². The van der Waals surface area contributed by atoms with Gasteiger partial charge in [0, 0.05) is 13.0 Å². The van der Waals surface area contributed by atoms with Gasteiger partial charge in [-0.05, 0) is 83.5 Å². The number of aliphatic hydroxyl groups excluding tert-OH is 1. The molecule has 1 unspecified atom stereocenters. The van der Waals surface area contributed by atoms with Crippen LogP contribution in [0.5, 0.6) is 0 Å². The van der Waals surface area contributed by atoms with Crippen LogP contribution >= 0.6 is 0 Å². The van der Waals surface area contributed by atoms with Crippen LogP contribution in [0.15, 0.2) is 72.9 Å². The van der Waals surface area contributed by atoms with Crippen molar-refractivity contribution in [3.8, 4) is 0 Å². The quantitative estimate of drug-likeness (QED) is 0.0466. The predicted molar refractivity (Wildman–Crippen MR) is 191 cm³/mol. The lowest BCUT2D eigenvalue weighted by atomic mass is 10.1. The number of rotatable bonds is 32. The first kappa shape index (κ1) is 41.8. The fourth-order valence-corrected chi connectivity index (χ4v) is 4.58. The third-order valence-corrected chi connectivity index (χ3v) is 7.27. The molecule has 0 radical (unpaired) electrons. The highest BCUT2D eigenvalue weighted by atomic mass is 16.6. The molecule has 4 heteroatoms. The average Bonchev–Trinajstić information content (AvgIpc) is 3.03. The molecule has 0 aliphatic rings. The fraction of sp³-hybridized carbons (Fsp3) is 0.675. The van der Waals surface area contributed by atoms with Gasteiger partial charge in [0.25, 0.3) is 0 Å². The highest BCUT2D eigenvalue weighted by Crippen LogP contribution is 2.10. The summed E-state index contributed by atoms with van der Waals surface area (Å²) in [5.41, 5.74) is 0. The van der Waals surface area contributed by atoms with Gasteiger partial charge < -0.3 is 14.6 Å². The summed E-state index contributed by atoms with van der Waals surface area (Å²) in [6.07, 6.45) is 49.4. The summed E-state index contributed by atoms with van der Waals surface area (Å²) in [7, 11) is 0. The van der Waals surface area contributed by atoms with E-state index in [1.807, 2.05) is 0 Å². The zero-order valence-corrected chi connectivity index (χ0v) is 28.6. The molecule has 0 aromatic rings. The number of hydrogen-bond donors (Lipinski definition) is 1. The number of carbonyl (C=O) groups excluding carboxylic acids is 1. The molecule has 1 atom stereocenters. The minimum atomic E-state index is -0.557. The number of hydrogen-bond acceptors (Lipinski definition) is 4. The molecule has 0 saturated heterocycles. The van der Waals surface area contributed by atoms with Gasteiger partial charge in [0.05, 0.1) is 13.2 Å². The van der Waals surface area contributed by atoms with Gasteiger partial charge in [-0.1, -0.05) is 132 Å². The Labute approximate surface area is 272 Å². The lowest BCUT2D eigenvalue weighted by molar-refractivity contribution is -0.154. The van der Waals surface area contributed by atoms with Crippen molar-refractivity contribution in [3.05, 3.63) is 72.9 Å². The molecule has 0 aliphatic heterocycles. The average molecular weight is 613 g/mol. The number of esters is 1. The van der Waals surface area contributed by atoms with Crippen LogP contribution in [0.2, 0.25) is 0 Å². The minimum Gasteiger partial charge on any atom is -0.457 e. The molecule has 0 amide bonds. The summed E-state index contributed by atoms with van der Waals surface area (Å²) in [4.78, 5) is 12.1. The van der Waals surface area contributed by atoms with E-state index in [1.165, 1.54) is 57.8 Å². The Bertz CT molecular complexity index is 774. The summed E-state index contributed by atoms with van der Waals surface area (Å²) in [6, 6.07) is 0. The van der Waals surface area contributed by atoms with E-state index in [0.717, 1.165) is 70.6 Å². The predicted octanol–water partition coefficient (Wildman–Crippen LogP) is 11.5. The highest BCUT2D eigenvalue weighted by Gasteiger charge is 2.13. The van der Waals surface area contributed by atoms with Crippen LogP contribution in [-0.4, -0.2) is 37.0 Å². The van der Waals surface area contributed by atoms with Crippen molar-refractivity contribution < 1.29 is 19.4 Å². The maximum absolute atomic E-state index is 12.1. The van der Waals surface area contributed by atoms with E-state index < -0.39 is 6.10 Å². The standard InChI is InChI=1S/C40H68O4/c1-3-5-7-9-11-13-15-17-18-19-20-21-22-23-25-27-29-31-33-35-40(42)44-39(37-41)38-43-36-34-32-30-28-26-24-16-14-12-10-8-6-4-2/h5,7,11-14,17-18,20-21,23,25,39,41H,3-4,6,8-10,15-16,19,22,24,26-38H2,1-2H3/b7-5-,13-11-,14-12-,18-17-,21-20-,25-23-. The van der Waals surface area contributed by atoms with Crippen molar-refractivity contribution in [2.24, 2.45) is 0 Å². The normalized spacial score (nSPS) is 13.2. The first-order valence-corrected chi connectivity index (χ1v) is 18.0. The van der Waals surface area contributed by atoms with Gasteiger partial charge in [0.1, 0.15) is 6.10 Å². The molecule has 44 heavy (non-hydrogen) atoms. The van der Waals surface area contributed by atoms with Crippen LogP contribution < -0.4 is 0 Å². The molecule has 0 aromatic heterocycles. The molecule has 252 valence electrons. The van der Waals surface area contributed by atoms with E-state index in [2.05, 4.69) is 86.8 Å². The van der Waals surface area contributed by atoms with Gasteiger partial charge in [-0.25, -0.2) is 0 Å². The second-order valence-corrected chi connectivity index (χ2v) is 11.6. The van der Waals surface area contributed by atoms with Crippen molar-refractivity contribution >= 4 is 5.97 Å². The molecular weight excluding hydrogens is 544 g/mol. The van der Waals surface area contributed by atoms with Gasteiger partial charge in [-0.3, -0.25) is 4.79 Å². The second-order valence-electron chi connectivity index (χ2n) is 11.6. The summed E-state index contributed by atoms with van der Waals surface area (Å²) in [5, 5.41) is 9.54. The van der Waals surface area contributed by atoms with Crippen molar-refractivity contribution in [1.29, 1.82) is 0 Å². The van der Waals surface area contributed by atoms with Crippen LogP contribution in [0.25, 0.3) is 0 Å². The molecule has 0 fully saturated rings. The number of unbranched alkanes of at least 4 members (excludes halogenated alkanes) is 12. The monoisotopic (exact) mass is 613 g/mol. The maximum atomic E-state index is 12.1. The molecular formula is C40H68O4. The lowest BCUT2D eigenvalue weighted by Gasteiger charge is -2.15. The molecule has 0 bridgehead atoms. The summed E-state index contributed by atoms with van der Waals surface area (Å²) >= 11 is 0. The van der Waals surface area contributed by atoms with Crippen LogP contribution in [0.1, 0.15) is 149 Å². The molecule has 0 saturated carbocycles. The fourth-order valence-electron chi connectivity index (χ4n) is 4.58. The SMILES string of the molecule is CC/C=C\C/C=C\C/C=C\C/C=C\C/C=C\CCCCCC(=O)OC(CO)COCCCCCCCC/C=C\CCCCC. The summed E-state index contributed by atoms with van der Waals surface area (Å²) < 4.78 is 11.1. The molecule has 0 rings (SSSR count). The second kappa shape index (κ2) is 37.0. The van der Waals surface area contributed by atoms with E-state index in [4.69, 9.17) is 9.47 Å². The zero-order valence-electron chi connectivity index (χ0n) is 28.6. The first-order chi connectivity index (χ1) is 21.7. The van der Waals surface area contributed by atoms with E-state index >= 15 is 0 Å². The zero-order chi connectivity index (χ0) is 32.0. The van der Waals surface area contributed by atoms with E-state index in [0.29, 0.717) is 13.0 Å². The third kappa shape index (κ3) is 34.3. The van der Waals surface area contributed by atoms with Crippen molar-refractivity contribution in [1.82, 2.24) is 0 Å². The van der Waals surface area contributed by atoms with Crippen molar-refractivity contribution in [3.63, 3.8) is 0 Å². The molecule has 0 aromatic carbocycles. The Morgan fingerprint density at radius 2 is 1.02 bits per heavy atom. The Morgan fingerprint density at radius 3 is 1.57 bits per heavy atom. The van der Waals surface area contributed by atoms with Gasteiger partial charge in [-0.2, -0.15) is 0 Å². The van der Waals surface area contributed by atoms with Crippen LogP contribution in [0, 0.1) is 0 Å². The lowest BCUT2D eigenvalue weighted by Crippen LogP contribution is -2.27. The molecule has 4 nitrogen and oxygen atoms in total. The summed E-state index contributed by atoms with van der Waals surface area (Å²) in [6.45, 7) is 5.14. The smallest absolute Gasteiger partial charge is 0.306 e. The van der Waals surface area contributed by atoms with Crippen LogP contribution in [0.3, 0.4) is 0 Å². The number of aliphatic hydroxyl groups is 1. The number of carbonyl (C=O) groups is 1. The van der Waals surface area contributed by atoms with Crippen LogP contribution in [0.4, 0.5) is 0 Å². The van der Waals surface area contributed by atoms with Gasteiger partial charge in [-0.15, -0.1) is 0 Å². The van der Waals surface area contributed by atoms with Gasteiger partial charge in [0.2, 0.25) is 0 Å². The Kier molecular flexibility index (Phi) is 35.2. The first-order valence-electron chi connectivity index (χ1n) is 18.0. The minimum absolute atomic E-state index is 0.192. The number of ether oxygens (including phenoxy) is 2. The van der Waals surface area contributed by atoms with Gasteiger partial charge in [0.15, 0.2) is 0 Å². The molecule has 0 heterocycles. The van der Waals surface area contributed by atoms with Crippen molar-refractivity contribution in [2.45, 2.75) is 155 Å². The summed E-state index contributed by atoms with van der Waals surface area (Å²) in [5.74, 6) is -0.238.